The molecule has 0 aromatic heterocycles. The third-order valence-corrected chi connectivity index (χ3v) is 3.92. The van der Waals surface area contributed by atoms with Crippen molar-refractivity contribution in [2.75, 3.05) is 0 Å². The molecule has 0 bridgehead atoms. The molecule has 0 N–H and O–H groups in total. The first-order chi connectivity index (χ1) is 4.39. The molecule has 0 saturated heterocycles. The molecule has 0 aromatic carbocycles. The lowest BCUT2D eigenvalue weighted by Crippen LogP contribution is -1.81. The summed E-state index contributed by atoms with van der Waals surface area (Å²) >= 11 is 0. The first-order valence-corrected chi connectivity index (χ1v) is 4.02. The van der Waals surface area contributed by atoms with Gasteiger partial charge in [-0.2, -0.15) is 0 Å². The molecule has 3 aliphatic carbocycles. The minimum Gasteiger partial charge on any atom is -0.103 e. The maximum atomic E-state index is 3.88. The summed E-state index contributed by atoms with van der Waals surface area (Å²) in [7, 11) is 0. The summed E-state index contributed by atoms with van der Waals surface area (Å²) in [6.07, 6.45) is 6.80. The van der Waals surface area contributed by atoms with Crippen molar-refractivity contribution in [1.29, 1.82) is 0 Å². The molecule has 0 radical (unpaired) electrons. The molecule has 3 rings (SSSR count). The first kappa shape index (κ1) is 4.54. The summed E-state index contributed by atoms with van der Waals surface area (Å²) < 4.78 is 0. The largest absolute Gasteiger partial charge is 0.103 e. The van der Waals surface area contributed by atoms with Crippen LogP contribution >= 0.6 is 0 Å². The van der Waals surface area contributed by atoms with Crippen molar-refractivity contribution in [2.24, 2.45) is 23.2 Å². The van der Waals surface area contributed by atoms with Crippen LogP contribution in [0.3, 0.4) is 0 Å². The maximum absolute atomic E-state index is 3.88. The van der Waals surface area contributed by atoms with Gasteiger partial charge < -0.3 is 0 Å². The fourth-order valence-electron chi connectivity index (χ4n) is 3.39. The minimum atomic E-state index is 0.877. The van der Waals surface area contributed by atoms with Crippen LogP contribution in [0.25, 0.3) is 0 Å². The van der Waals surface area contributed by atoms with Crippen molar-refractivity contribution in [1.82, 2.24) is 0 Å². The topological polar surface area (TPSA) is 0 Å². The highest BCUT2D eigenvalue weighted by Gasteiger charge is 2.79. The molecule has 48 valence electrons. The van der Waals surface area contributed by atoms with Crippen LogP contribution in [0.15, 0.2) is 12.7 Å². The van der Waals surface area contributed by atoms with Gasteiger partial charge in [-0.1, -0.05) is 6.08 Å². The van der Waals surface area contributed by atoms with E-state index in [1.807, 2.05) is 0 Å². The van der Waals surface area contributed by atoms with E-state index in [1.54, 1.807) is 6.42 Å². The van der Waals surface area contributed by atoms with Gasteiger partial charge in [0, 0.05) is 0 Å². The standard InChI is InChI=1S/C9H12/c1-2-7-8-4-3-6-5-9(6,7)8/h2,6-8H,1,3-5H2. The Kier molecular flexibility index (Phi) is 0.505. The summed E-state index contributed by atoms with van der Waals surface area (Å²) in [5.41, 5.74) is 0.877. The third-order valence-electron chi connectivity index (χ3n) is 3.92. The lowest BCUT2D eigenvalue weighted by molar-refractivity contribution is 0.636. The van der Waals surface area contributed by atoms with E-state index in [1.165, 1.54) is 12.8 Å². The van der Waals surface area contributed by atoms with Gasteiger partial charge in [0.05, 0.1) is 0 Å². The summed E-state index contributed by atoms with van der Waals surface area (Å²) in [6.45, 7) is 3.88. The Morgan fingerprint density at radius 2 is 2.33 bits per heavy atom. The van der Waals surface area contributed by atoms with Gasteiger partial charge in [0.1, 0.15) is 0 Å². The normalized spacial score (nSPS) is 66.4. The minimum absolute atomic E-state index is 0.877. The summed E-state index contributed by atoms with van der Waals surface area (Å²) in [4.78, 5) is 0. The quantitative estimate of drug-likeness (QED) is 0.465. The molecule has 1 spiro atoms. The van der Waals surface area contributed by atoms with Gasteiger partial charge in [0.2, 0.25) is 0 Å². The maximum Gasteiger partial charge on any atom is -0.0140 e. The summed E-state index contributed by atoms with van der Waals surface area (Å²) in [5, 5.41) is 0. The van der Waals surface area contributed by atoms with Crippen molar-refractivity contribution in [3.63, 3.8) is 0 Å². The zero-order valence-electron chi connectivity index (χ0n) is 5.64. The highest BCUT2D eigenvalue weighted by molar-refractivity contribution is 5.31. The fourth-order valence-corrected chi connectivity index (χ4v) is 3.39. The lowest BCUT2D eigenvalue weighted by Gasteiger charge is -1.91. The molecular formula is C9H12. The zero-order valence-corrected chi connectivity index (χ0v) is 5.64. The van der Waals surface area contributed by atoms with Crippen molar-refractivity contribution < 1.29 is 0 Å². The second-order valence-electron chi connectivity index (χ2n) is 3.96. The Morgan fingerprint density at radius 1 is 1.44 bits per heavy atom. The van der Waals surface area contributed by atoms with Crippen LogP contribution in [0.5, 0.6) is 0 Å². The van der Waals surface area contributed by atoms with E-state index in [0.29, 0.717) is 0 Å². The molecule has 3 fully saturated rings. The van der Waals surface area contributed by atoms with Crippen LogP contribution in [-0.4, -0.2) is 0 Å². The lowest BCUT2D eigenvalue weighted by atomic mass is 10.1. The first-order valence-electron chi connectivity index (χ1n) is 4.02. The molecule has 0 heterocycles. The Morgan fingerprint density at radius 3 is 2.67 bits per heavy atom. The van der Waals surface area contributed by atoms with Gasteiger partial charge >= 0.3 is 0 Å². The zero-order chi connectivity index (χ0) is 6.06. The molecule has 0 nitrogen and oxygen atoms in total. The predicted octanol–water partition coefficient (Wildman–Crippen LogP) is 2.22. The molecule has 3 aliphatic rings. The number of rotatable bonds is 1. The number of hydrogen-bond acceptors (Lipinski definition) is 0. The van der Waals surface area contributed by atoms with Gasteiger partial charge in [0.15, 0.2) is 0 Å². The van der Waals surface area contributed by atoms with Crippen LogP contribution in [0.4, 0.5) is 0 Å². The summed E-state index contributed by atoms with van der Waals surface area (Å²) in [6, 6.07) is 0. The Hall–Kier alpha value is -0.260. The number of allylic oxidation sites excluding steroid dienone is 1. The van der Waals surface area contributed by atoms with E-state index >= 15 is 0 Å². The predicted molar refractivity (Wildman–Crippen MR) is 37.0 cm³/mol. The molecule has 0 amide bonds. The van der Waals surface area contributed by atoms with Gasteiger partial charge in [0.25, 0.3) is 0 Å². The second kappa shape index (κ2) is 1.00. The van der Waals surface area contributed by atoms with E-state index in [2.05, 4.69) is 12.7 Å². The molecule has 0 heteroatoms. The van der Waals surface area contributed by atoms with E-state index < -0.39 is 0 Å². The molecule has 3 saturated carbocycles. The monoisotopic (exact) mass is 120 g/mol. The van der Waals surface area contributed by atoms with E-state index in [4.69, 9.17) is 0 Å². The van der Waals surface area contributed by atoms with Crippen LogP contribution < -0.4 is 0 Å². The number of hydrogen-bond donors (Lipinski definition) is 0. The molecule has 0 aromatic rings. The molecule has 0 aliphatic heterocycles. The Labute approximate surface area is 56.0 Å². The van der Waals surface area contributed by atoms with Crippen molar-refractivity contribution in [3.05, 3.63) is 12.7 Å². The molecule has 4 atom stereocenters. The highest BCUT2D eigenvalue weighted by atomic mass is 14.8. The fraction of sp³-hybridized carbons (Fsp3) is 0.778. The Balaban J connectivity index is 1.97. The molecular weight excluding hydrogens is 108 g/mol. The summed E-state index contributed by atoms with van der Waals surface area (Å²) in [5.74, 6) is 3.20. The van der Waals surface area contributed by atoms with Crippen molar-refractivity contribution >= 4 is 0 Å². The van der Waals surface area contributed by atoms with E-state index in [-0.39, 0.29) is 0 Å². The second-order valence-corrected chi connectivity index (χ2v) is 3.96. The van der Waals surface area contributed by atoms with E-state index in [0.717, 1.165) is 23.2 Å². The van der Waals surface area contributed by atoms with Gasteiger partial charge in [-0.3, -0.25) is 0 Å². The Bertz CT molecular complexity index is 182. The van der Waals surface area contributed by atoms with Crippen molar-refractivity contribution in [2.45, 2.75) is 19.3 Å². The average Bonchev–Trinajstić information content (AvgIpc) is 2.71. The van der Waals surface area contributed by atoms with Crippen LogP contribution in [-0.2, 0) is 0 Å². The van der Waals surface area contributed by atoms with Crippen LogP contribution in [0.2, 0.25) is 0 Å². The van der Waals surface area contributed by atoms with E-state index in [9.17, 15) is 0 Å². The molecule has 9 heavy (non-hydrogen) atoms. The smallest absolute Gasteiger partial charge is 0.0140 e. The van der Waals surface area contributed by atoms with Gasteiger partial charge in [-0.15, -0.1) is 6.58 Å². The third kappa shape index (κ3) is 0.288. The average molecular weight is 120 g/mol. The SMILES string of the molecule is C=CC1C2CCC3CC312. The van der Waals surface area contributed by atoms with Gasteiger partial charge in [-0.05, 0) is 42.4 Å². The highest BCUT2D eigenvalue weighted by Crippen LogP contribution is 2.85. The molecule has 4 unspecified atom stereocenters. The van der Waals surface area contributed by atoms with Crippen LogP contribution in [0.1, 0.15) is 19.3 Å². The van der Waals surface area contributed by atoms with Gasteiger partial charge in [-0.25, -0.2) is 0 Å². The van der Waals surface area contributed by atoms with Crippen LogP contribution in [0, 0.1) is 23.2 Å². The van der Waals surface area contributed by atoms with Crippen molar-refractivity contribution in [3.8, 4) is 0 Å².